The monoisotopic (exact) mass is 243 g/mol. The van der Waals surface area contributed by atoms with Gasteiger partial charge in [-0.1, -0.05) is 30.3 Å². The van der Waals surface area contributed by atoms with Crippen LogP contribution in [0.4, 0.5) is 4.39 Å². The number of carbonyl (C=O) groups is 1. The van der Waals surface area contributed by atoms with Gasteiger partial charge in [0, 0.05) is 12.1 Å². The lowest BCUT2D eigenvalue weighted by atomic mass is 10.1. The van der Waals surface area contributed by atoms with Crippen LogP contribution >= 0.6 is 0 Å². The Labute approximate surface area is 105 Å². The number of carbonyl (C=O) groups excluding carboxylic acids is 1. The Balaban J connectivity index is 1.82. The summed E-state index contributed by atoms with van der Waals surface area (Å²) in [5.41, 5.74) is 1.65. The summed E-state index contributed by atoms with van der Waals surface area (Å²) < 4.78 is 12.7. The Bertz CT molecular complexity index is 508. The molecule has 1 amide bonds. The van der Waals surface area contributed by atoms with Gasteiger partial charge in [0.25, 0.3) is 5.91 Å². The second-order valence-electron chi connectivity index (χ2n) is 4.00. The van der Waals surface area contributed by atoms with Crippen LogP contribution in [0, 0.1) is 5.82 Å². The van der Waals surface area contributed by atoms with Crippen molar-refractivity contribution in [2.75, 3.05) is 6.54 Å². The molecule has 0 unspecified atom stereocenters. The lowest BCUT2D eigenvalue weighted by molar-refractivity contribution is 0.0954. The molecule has 0 aromatic heterocycles. The van der Waals surface area contributed by atoms with E-state index in [0.717, 1.165) is 5.56 Å². The number of hydrogen-bond donors (Lipinski definition) is 1. The third-order valence-electron chi connectivity index (χ3n) is 2.65. The predicted octanol–water partition coefficient (Wildman–Crippen LogP) is 2.80. The third-order valence-corrected chi connectivity index (χ3v) is 2.65. The minimum absolute atomic E-state index is 0.0855. The molecule has 3 heteroatoms. The molecular weight excluding hydrogens is 229 g/mol. The lowest BCUT2D eigenvalue weighted by Crippen LogP contribution is -2.25. The van der Waals surface area contributed by atoms with Crippen LogP contribution in [0.1, 0.15) is 15.9 Å². The van der Waals surface area contributed by atoms with E-state index in [0.29, 0.717) is 18.5 Å². The van der Waals surface area contributed by atoms with Crippen LogP contribution in [0.15, 0.2) is 54.6 Å². The quantitative estimate of drug-likeness (QED) is 0.879. The van der Waals surface area contributed by atoms with Gasteiger partial charge in [-0.05, 0) is 36.2 Å². The predicted molar refractivity (Wildman–Crippen MR) is 68.9 cm³/mol. The van der Waals surface area contributed by atoms with Crippen LogP contribution in [0.2, 0.25) is 0 Å². The van der Waals surface area contributed by atoms with Gasteiger partial charge in [0.2, 0.25) is 0 Å². The first-order chi connectivity index (χ1) is 8.75. The number of benzene rings is 2. The Morgan fingerprint density at radius 2 is 1.67 bits per heavy atom. The summed E-state index contributed by atoms with van der Waals surface area (Å²) >= 11 is 0. The van der Waals surface area contributed by atoms with Gasteiger partial charge < -0.3 is 5.32 Å². The summed E-state index contributed by atoms with van der Waals surface area (Å²) in [6, 6.07) is 15.4. The molecule has 92 valence electrons. The molecule has 2 aromatic carbocycles. The first-order valence-electron chi connectivity index (χ1n) is 5.83. The fraction of sp³-hybridized carbons (Fsp3) is 0.133. The molecule has 2 aromatic rings. The lowest BCUT2D eigenvalue weighted by Gasteiger charge is -2.05. The largest absolute Gasteiger partial charge is 0.352 e. The summed E-state index contributed by atoms with van der Waals surface area (Å²) in [5.74, 6) is -0.329. The highest BCUT2D eigenvalue weighted by molar-refractivity contribution is 5.94. The number of rotatable bonds is 4. The minimum Gasteiger partial charge on any atom is -0.352 e. The Kier molecular flexibility index (Phi) is 4.07. The molecule has 18 heavy (non-hydrogen) atoms. The maximum absolute atomic E-state index is 12.7. The summed E-state index contributed by atoms with van der Waals surface area (Å²) in [6.07, 6.45) is 0.693. The summed E-state index contributed by atoms with van der Waals surface area (Å²) in [4.78, 5) is 11.7. The molecule has 2 nitrogen and oxygen atoms in total. The topological polar surface area (TPSA) is 29.1 Å². The average Bonchev–Trinajstić information content (AvgIpc) is 2.42. The van der Waals surface area contributed by atoms with E-state index in [2.05, 4.69) is 5.32 Å². The van der Waals surface area contributed by atoms with Crippen molar-refractivity contribution in [3.63, 3.8) is 0 Å². The molecular formula is C15H14FNO. The zero-order chi connectivity index (χ0) is 12.8. The molecule has 0 heterocycles. The van der Waals surface area contributed by atoms with Gasteiger partial charge in [-0.15, -0.1) is 0 Å². The third kappa shape index (κ3) is 3.42. The highest BCUT2D eigenvalue weighted by Gasteiger charge is 2.03. The smallest absolute Gasteiger partial charge is 0.251 e. The van der Waals surface area contributed by atoms with Gasteiger partial charge in [0.05, 0.1) is 0 Å². The molecule has 0 aliphatic heterocycles. The van der Waals surface area contributed by atoms with Gasteiger partial charge in [0.1, 0.15) is 5.82 Å². The number of hydrogen-bond acceptors (Lipinski definition) is 1. The van der Waals surface area contributed by atoms with Gasteiger partial charge in [0.15, 0.2) is 0 Å². The Morgan fingerprint density at radius 1 is 1.00 bits per heavy atom. The molecule has 0 atom stereocenters. The Morgan fingerprint density at radius 3 is 2.33 bits per heavy atom. The number of halogens is 1. The first kappa shape index (κ1) is 12.3. The molecule has 0 aliphatic rings. The zero-order valence-electron chi connectivity index (χ0n) is 9.90. The van der Waals surface area contributed by atoms with Crippen LogP contribution < -0.4 is 5.32 Å². The van der Waals surface area contributed by atoms with Crippen molar-refractivity contribution in [2.24, 2.45) is 0 Å². The summed E-state index contributed by atoms with van der Waals surface area (Å²) in [7, 11) is 0. The zero-order valence-corrected chi connectivity index (χ0v) is 9.90. The van der Waals surface area contributed by atoms with Crippen molar-refractivity contribution >= 4 is 5.91 Å². The van der Waals surface area contributed by atoms with E-state index in [9.17, 15) is 9.18 Å². The first-order valence-corrected chi connectivity index (χ1v) is 5.83. The molecule has 0 spiro atoms. The van der Waals surface area contributed by atoms with Crippen molar-refractivity contribution in [1.29, 1.82) is 0 Å². The number of nitrogens with one attached hydrogen (secondary N) is 1. The van der Waals surface area contributed by atoms with E-state index in [1.54, 1.807) is 24.3 Å². The fourth-order valence-corrected chi connectivity index (χ4v) is 1.66. The summed E-state index contributed by atoms with van der Waals surface area (Å²) in [6.45, 7) is 0.541. The minimum atomic E-state index is -0.243. The average molecular weight is 243 g/mol. The fourth-order valence-electron chi connectivity index (χ4n) is 1.66. The molecule has 0 bridgehead atoms. The van der Waals surface area contributed by atoms with E-state index in [1.807, 2.05) is 18.2 Å². The molecule has 2 rings (SSSR count). The van der Waals surface area contributed by atoms with Crippen LogP contribution in [0.5, 0.6) is 0 Å². The van der Waals surface area contributed by atoms with Crippen LogP contribution in [-0.2, 0) is 6.42 Å². The number of amides is 1. The van der Waals surface area contributed by atoms with E-state index in [-0.39, 0.29) is 11.7 Å². The second kappa shape index (κ2) is 5.96. The highest BCUT2D eigenvalue weighted by Crippen LogP contribution is 2.03. The van der Waals surface area contributed by atoms with E-state index < -0.39 is 0 Å². The Hall–Kier alpha value is -2.16. The molecule has 1 N–H and O–H groups in total. The summed E-state index contributed by atoms with van der Waals surface area (Å²) in [5, 5.41) is 2.83. The van der Waals surface area contributed by atoms with Gasteiger partial charge in [-0.2, -0.15) is 0 Å². The molecule has 0 fully saturated rings. The van der Waals surface area contributed by atoms with Crippen molar-refractivity contribution in [3.05, 3.63) is 71.5 Å². The van der Waals surface area contributed by atoms with Crippen LogP contribution in [0.3, 0.4) is 0 Å². The van der Waals surface area contributed by atoms with Gasteiger partial charge in [-0.3, -0.25) is 4.79 Å². The van der Waals surface area contributed by atoms with Gasteiger partial charge in [-0.25, -0.2) is 4.39 Å². The standard InChI is InChI=1S/C15H14FNO/c16-14-8-6-12(7-9-14)10-11-17-15(18)13-4-2-1-3-5-13/h1-9H,10-11H2,(H,17,18). The van der Waals surface area contributed by atoms with Crippen molar-refractivity contribution in [3.8, 4) is 0 Å². The van der Waals surface area contributed by atoms with E-state index >= 15 is 0 Å². The van der Waals surface area contributed by atoms with Gasteiger partial charge >= 0.3 is 0 Å². The molecule has 0 saturated carbocycles. The van der Waals surface area contributed by atoms with Crippen molar-refractivity contribution in [2.45, 2.75) is 6.42 Å². The second-order valence-corrected chi connectivity index (χ2v) is 4.00. The molecule has 0 radical (unpaired) electrons. The normalized spacial score (nSPS) is 10.1. The van der Waals surface area contributed by atoms with Crippen molar-refractivity contribution in [1.82, 2.24) is 5.32 Å². The maximum Gasteiger partial charge on any atom is 0.251 e. The highest BCUT2D eigenvalue weighted by atomic mass is 19.1. The van der Waals surface area contributed by atoms with E-state index in [4.69, 9.17) is 0 Å². The van der Waals surface area contributed by atoms with Crippen LogP contribution in [-0.4, -0.2) is 12.5 Å². The molecule has 0 saturated heterocycles. The van der Waals surface area contributed by atoms with Crippen molar-refractivity contribution < 1.29 is 9.18 Å². The van der Waals surface area contributed by atoms with E-state index in [1.165, 1.54) is 12.1 Å². The van der Waals surface area contributed by atoms with Crippen LogP contribution in [0.25, 0.3) is 0 Å². The SMILES string of the molecule is O=C(NCCc1ccc(F)cc1)c1ccccc1. The maximum atomic E-state index is 12.7. The molecule has 0 aliphatic carbocycles.